The Kier molecular flexibility index (Phi) is 4.11. The van der Waals surface area contributed by atoms with Crippen LogP contribution in [0.2, 0.25) is 5.02 Å². The largest absolute Gasteiger partial charge is 0.495 e. The van der Waals surface area contributed by atoms with Crippen LogP contribution < -0.4 is 10.1 Å². The fourth-order valence-corrected chi connectivity index (χ4v) is 2.15. The monoisotopic (exact) mass is 287 g/mol. The molecule has 5 heteroatoms. The van der Waals surface area contributed by atoms with Crippen LogP contribution in [0.3, 0.4) is 0 Å². The number of nitriles is 1. The zero-order valence-corrected chi connectivity index (χ0v) is 12.2. The molecule has 0 radical (unpaired) electrons. The van der Waals surface area contributed by atoms with Gasteiger partial charge in [0.05, 0.1) is 18.4 Å². The van der Waals surface area contributed by atoms with Crippen molar-refractivity contribution < 1.29 is 4.74 Å². The standard InChI is InChI=1S/C15H14ClN3O/c1-9-6-10(2)18-15(12(9)8-17)19-13-7-11(16)4-5-14(13)20-3/h4-7H,1-3H3,(H,18,19). The lowest BCUT2D eigenvalue weighted by Crippen LogP contribution is -2.02. The zero-order valence-electron chi connectivity index (χ0n) is 11.5. The molecule has 0 spiro atoms. The highest BCUT2D eigenvalue weighted by atomic mass is 35.5. The number of pyridine rings is 1. The summed E-state index contributed by atoms with van der Waals surface area (Å²) >= 11 is 6.00. The number of methoxy groups -OCH3 is 1. The number of nitrogens with one attached hydrogen (secondary N) is 1. The lowest BCUT2D eigenvalue weighted by Gasteiger charge is -2.13. The van der Waals surface area contributed by atoms with E-state index in [9.17, 15) is 5.26 Å². The van der Waals surface area contributed by atoms with Gasteiger partial charge in [-0.25, -0.2) is 4.98 Å². The molecule has 0 bridgehead atoms. The normalized spacial score (nSPS) is 9.95. The van der Waals surface area contributed by atoms with Crippen LogP contribution in [-0.2, 0) is 0 Å². The minimum absolute atomic E-state index is 0.505. The molecule has 1 heterocycles. The number of aromatic nitrogens is 1. The van der Waals surface area contributed by atoms with E-state index in [1.807, 2.05) is 19.9 Å². The van der Waals surface area contributed by atoms with E-state index in [1.54, 1.807) is 25.3 Å². The fourth-order valence-electron chi connectivity index (χ4n) is 1.97. The minimum atomic E-state index is 0.505. The van der Waals surface area contributed by atoms with Crippen molar-refractivity contribution in [2.24, 2.45) is 0 Å². The molecule has 4 nitrogen and oxygen atoms in total. The molecule has 0 fully saturated rings. The maximum atomic E-state index is 9.26. The van der Waals surface area contributed by atoms with Crippen LogP contribution >= 0.6 is 11.6 Å². The Morgan fingerprint density at radius 1 is 1.30 bits per heavy atom. The van der Waals surface area contributed by atoms with Crippen LogP contribution in [0.5, 0.6) is 5.75 Å². The highest BCUT2D eigenvalue weighted by Gasteiger charge is 2.11. The van der Waals surface area contributed by atoms with Gasteiger partial charge in [-0.15, -0.1) is 0 Å². The molecule has 2 aromatic rings. The topological polar surface area (TPSA) is 57.9 Å². The van der Waals surface area contributed by atoms with Crippen molar-refractivity contribution >= 4 is 23.1 Å². The first-order chi connectivity index (χ1) is 9.55. The third kappa shape index (κ3) is 2.84. The third-order valence-electron chi connectivity index (χ3n) is 2.87. The Morgan fingerprint density at radius 2 is 2.05 bits per heavy atom. The van der Waals surface area contributed by atoms with Crippen molar-refractivity contribution in [2.45, 2.75) is 13.8 Å². The number of nitrogens with zero attached hydrogens (tertiary/aromatic N) is 2. The molecule has 0 saturated carbocycles. The van der Waals surface area contributed by atoms with Gasteiger partial charge >= 0.3 is 0 Å². The zero-order chi connectivity index (χ0) is 14.7. The minimum Gasteiger partial charge on any atom is -0.495 e. The van der Waals surface area contributed by atoms with E-state index < -0.39 is 0 Å². The molecule has 2 rings (SSSR count). The average Bonchev–Trinajstić information content (AvgIpc) is 2.38. The summed E-state index contributed by atoms with van der Waals surface area (Å²) in [6, 6.07) is 9.28. The summed E-state index contributed by atoms with van der Waals surface area (Å²) in [7, 11) is 1.58. The van der Waals surface area contributed by atoms with Crippen molar-refractivity contribution in [3.8, 4) is 11.8 Å². The smallest absolute Gasteiger partial charge is 0.148 e. The first kappa shape index (κ1) is 14.2. The summed E-state index contributed by atoms with van der Waals surface area (Å²) in [5.74, 6) is 1.14. The van der Waals surface area contributed by atoms with E-state index in [0.717, 1.165) is 11.3 Å². The Labute approximate surface area is 123 Å². The summed E-state index contributed by atoms with van der Waals surface area (Å²) in [6.45, 7) is 3.77. The van der Waals surface area contributed by atoms with Crippen LogP contribution in [0.15, 0.2) is 24.3 Å². The molecular formula is C15H14ClN3O. The van der Waals surface area contributed by atoms with Crippen molar-refractivity contribution in [3.05, 3.63) is 46.1 Å². The average molecular weight is 288 g/mol. The van der Waals surface area contributed by atoms with Gasteiger partial charge in [0.2, 0.25) is 0 Å². The van der Waals surface area contributed by atoms with Crippen molar-refractivity contribution in [3.63, 3.8) is 0 Å². The Balaban J connectivity index is 2.50. The van der Waals surface area contributed by atoms with Gasteiger partial charge in [0.25, 0.3) is 0 Å². The highest BCUT2D eigenvalue weighted by Crippen LogP contribution is 2.31. The summed E-state index contributed by atoms with van der Waals surface area (Å²) in [4.78, 5) is 4.37. The van der Waals surface area contributed by atoms with Gasteiger partial charge in [-0.1, -0.05) is 11.6 Å². The quantitative estimate of drug-likeness (QED) is 0.928. The molecule has 0 saturated heterocycles. The molecule has 0 aliphatic rings. The van der Waals surface area contributed by atoms with Gasteiger partial charge in [-0.2, -0.15) is 5.26 Å². The molecule has 0 unspecified atom stereocenters. The maximum Gasteiger partial charge on any atom is 0.148 e. The van der Waals surface area contributed by atoms with Crippen LogP contribution in [0.25, 0.3) is 0 Å². The van der Waals surface area contributed by atoms with E-state index in [1.165, 1.54) is 0 Å². The van der Waals surface area contributed by atoms with Gasteiger partial charge in [0.1, 0.15) is 17.6 Å². The van der Waals surface area contributed by atoms with E-state index in [2.05, 4.69) is 16.4 Å². The molecule has 1 aromatic heterocycles. The van der Waals surface area contributed by atoms with E-state index in [0.29, 0.717) is 27.8 Å². The van der Waals surface area contributed by atoms with Crippen LogP contribution in [0.1, 0.15) is 16.8 Å². The van der Waals surface area contributed by atoms with Gasteiger partial charge in [-0.05, 0) is 43.7 Å². The predicted octanol–water partition coefficient (Wildman–Crippen LogP) is 3.98. The van der Waals surface area contributed by atoms with Gasteiger partial charge < -0.3 is 10.1 Å². The highest BCUT2D eigenvalue weighted by molar-refractivity contribution is 6.31. The number of ether oxygens (including phenoxy) is 1. The van der Waals surface area contributed by atoms with Gasteiger partial charge in [0.15, 0.2) is 0 Å². The van der Waals surface area contributed by atoms with Crippen molar-refractivity contribution in [2.75, 3.05) is 12.4 Å². The van der Waals surface area contributed by atoms with Crippen LogP contribution in [0, 0.1) is 25.2 Å². The van der Waals surface area contributed by atoms with E-state index >= 15 is 0 Å². The summed E-state index contributed by atoms with van der Waals surface area (Å²) in [5, 5.41) is 13.0. The molecule has 102 valence electrons. The van der Waals surface area contributed by atoms with Crippen molar-refractivity contribution in [1.82, 2.24) is 4.98 Å². The molecule has 20 heavy (non-hydrogen) atoms. The molecule has 0 amide bonds. The lowest BCUT2D eigenvalue weighted by atomic mass is 10.1. The maximum absolute atomic E-state index is 9.26. The first-order valence-electron chi connectivity index (χ1n) is 6.04. The molecule has 0 atom stereocenters. The predicted molar refractivity (Wildman–Crippen MR) is 79.7 cm³/mol. The number of hydrogen-bond donors (Lipinski definition) is 1. The fraction of sp³-hybridized carbons (Fsp3) is 0.200. The number of halogens is 1. The number of rotatable bonds is 3. The molecule has 1 aromatic carbocycles. The lowest BCUT2D eigenvalue weighted by molar-refractivity contribution is 0.417. The third-order valence-corrected chi connectivity index (χ3v) is 3.11. The van der Waals surface area contributed by atoms with Crippen LogP contribution in [-0.4, -0.2) is 12.1 Å². The number of hydrogen-bond acceptors (Lipinski definition) is 4. The molecule has 0 aliphatic carbocycles. The first-order valence-corrected chi connectivity index (χ1v) is 6.42. The second-order valence-electron chi connectivity index (χ2n) is 4.39. The van der Waals surface area contributed by atoms with E-state index in [-0.39, 0.29) is 0 Å². The second kappa shape index (κ2) is 5.81. The number of benzene rings is 1. The Hall–Kier alpha value is -2.25. The summed E-state index contributed by atoms with van der Waals surface area (Å²) < 4.78 is 5.27. The van der Waals surface area contributed by atoms with E-state index in [4.69, 9.17) is 16.3 Å². The summed E-state index contributed by atoms with van der Waals surface area (Å²) in [6.07, 6.45) is 0. The SMILES string of the molecule is COc1ccc(Cl)cc1Nc1nc(C)cc(C)c1C#N. The Morgan fingerprint density at radius 3 is 2.70 bits per heavy atom. The molecule has 0 aliphatic heterocycles. The van der Waals surface area contributed by atoms with Gasteiger partial charge in [0, 0.05) is 10.7 Å². The number of anilines is 2. The van der Waals surface area contributed by atoms with Crippen LogP contribution in [0.4, 0.5) is 11.5 Å². The number of aryl methyl sites for hydroxylation is 2. The summed E-state index contributed by atoms with van der Waals surface area (Å²) in [5.41, 5.74) is 2.90. The Bertz CT molecular complexity index is 692. The van der Waals surface area contributed by atoms with Gasteiger partial charge in [-0.3, -0.25) is 0 Å². The molecular weight excluding hydrogens is 274 g/mol. The van der Waals surface area contributed by atoms with Crippen molar-refractivity contribution in [1.29, 1.82) is 5.26 Å². The second-order valence-corrected chi connectivity index (χ2v) is 4.82. The molecule has 1 N–H and O–H groups in total.